The Bertz CT molecular complexity index is 891. The van der Waals surface area contributed by atoms with Crippen LogP contribution >= 0.6 is 23.4 Å². The Kier molecular flexibility index (Phi) is 6.15. The number of nitrogens with zero attached hydrogens (tertiary/aromatic N) is 4. The number of thioether (sulfide) groups is 1. The number of aryl methyl sites for hydroxylation is 2. The highest BCUT2D eigenvalue weighted by Gasteiger charge is 2.41. The fraction of sp³-hybridized carbons (Fsp3) is 0.550. The molecule has 1 unspecified atom stereocenters. The molecule has 0 spiro atoms. The molecule has 1 atom stereocenters. The van der Waals surface area contributed by atoms with E-state index >= 15 is 0 Å². The van der Waals surface area contributed by atoms with E-state index in [0.717, 1.165) is 55.6 Å². The van der Waals surface area contributed by atoms with Gasteiger partial charge in [0.25, 0.3) is 5.91 Å². The van der Waals surface area contributed by atoms with E-state index in [0.29, 0.717) is 17.4 Å². The first kappa shape index (κ1) is 20.7. The number of morpholine rings is 1. The maximum absolute atomic E-state index is 13.0. The number of nitrogens with one attached hydrogen (secondary N) is 1. The first-order valence-electron chi connectivity index (χ1n) is 9.87. The summed E-state index contributed by atoms with van der Waals surface area (Å²) in [6, 6.07) is 5.46. The lowest BCUT2D eigenvalue weighted by atomic mass is 9.95. The third-order valence-electron chi connectivity index (χ3n) is 5.62. The highest BCUT2D eigenvalue weighted by Crippen LogP contribution is 2.33. The molecule has 2 saturated heterocycles. The lowest BCUT2D eigenvalue weighted by Gasteiger charge is -2.43. The first-order valence-corrected chi connectivity index (χ1v) is 11.4. The average molecular weight is 436 g/mol. The molecule has 7 nitrogen and oxygen atoms in total. The highest BCUT2D eigenvalue weighted by atomic mass is 35.5. The van der Waals surface area contributed by atoms with Crippen molar-refractivity contribution in [2.45, 2.75) is 25.8 Å². The molecule has 0 aromatic carbocycles. The van der Waals surface area contributed by atoms with Gasteiger partial charge in [0.1, 0.15) is 5.69 Å². The minimum absolute atomic E-state index is 0.0239. The van der Waals surface area contributed by atoms with Crippen molar-refractivity contribution in [2.24, 2.45) is 0 Å². The van der Waals surface area contributed by atoms with E-state index in [1.165, 1.54) is 0 Å². The van der Waals surface area contributed by atoms with Crippen molar-refractivity contribution in [1.29, 1.82) is 0 Å². The van der Waals surface area contributed by atoms with Gasteiger partial charge < -0.3 is 10.1 Å². The van der Waals surface area contributed by atoms with E-state index in [1.54, 1.807) is 16.8 Å². The number of ether oxygens (including phenoxy) is 1. The topological polar surface area (TPSA) is 72.3 Å². The van der Waals surface area contributed by atoms with Crippen LogP contribution in [0.1, 0.15) is 28.3 Å². The van der Waals surface area contributed by atoms with Crippen LogP contribution in [0.5, 0.6) is 0 Å². The van der Waals surface area contributed by atoms with Crippen LogP contribution in [0.25, 0.3) is 5.82 Å². The maximum Gasteiger partial charge on any atom is 0.271 e. The summed E-state index contributed by atoms with van der Waals surface area (Å²) in [4.78, 5) is 20.0. The Morgan fingerprint density at radius 1 is 1.34 bits per heavy atom. The van der Waals surface area contributed by atoms with Gasteiger partial charge in [0.2, 0.25) is 0 Å². The number of aromatic nitrogens is 3. The SMILES string of the molecule is Cc1cc(C)n(-c2ccc(Cl)c(C(=O)NCC3(N4CCOCC4)CCSC3)n2)n1. The molecule has 1 amide bonds. The number of pyridine rings is 1. The number of carbonyl (C=O) groups excluding carboxylic acids is 1. The van der Waals surface area contributed by atoms with Gasteiger partial charge in [-0.15, -0.1) is 0 Å². The van der Waals surface area contributed by atoms with Crippen LogP contribution in [-0.4, -0.2) is 75.5 Å². The second-order valence-corrected chi connectivity index (χ2v) is 9.16. The van der Waals surface area contributed by atoms with Gasteiger partial charge in [0, 0.05) is 36.6 Å². The van der Waals surface area contributed by atoms with E-state index < -0.39 is 0 Å². The number of hydrogen-bond donors (Lipinski definition) is 1. The molecule has 2 aliphatic rings. The minimum atomic E-state index is -0.247. The quantitative estimate of drug-likeness (QED) is 0.777. The van der Waals surface area contributed by atoms with Gasteiger partial charge in [-0.05, 0) is 44.2 Å². The van der Waals surface area contributed by atoms with E-state index in [1.807, 2.05) is 31.7 Å². The van der Waals surface area contributed by atoms with Crippen LogP contribution in [-0.2, 0) is 4.74 Å². The molecule has 2 aromatic rings. The molecule has 1 N–H and O–H groups in total. The zero-order valence-electron chi connectivity index (χ0n) is 16.8. The second-order valence-electron chi connectivity index (χ2n) is 7.65. The molecule has 156 valence electrons. The molecule has 9 heteroatoms. The predicted octanol–water partition coefficient (Wildman–Crippen LogP) is 2.48. The van der Waals surface area contributed by atoms with Crippen molar-refractivity contribution in [1.82, 2.24) is 25.0 Å². The normalized spacial score (nSPS) is 22.7. The second kappa shape index (κ2) is 8.63. The Labute approximate surface area is 180 Å². The van der Waals surface area contributed by atoms with E-state index in [2.05, 4.69) is 20.3 Å². The predicted molar refractivity (Wildman–Crippen MR) is 115 cm³/mol. The van der Waals surface area contributed by atoms with Gasteiger partial charge in [0.05, 0.1) is 23.9 Å². The summed E-state index contributed by atoms with van der Waals surface area (Å²) in [7, 11) is 0. The van der Waals surface area contributed by atoms with Crippen molar-refractivity contribution >= 4 is 29.3 Å². The number of carbonyl (C=O) groups is 1. The summed E-state index contributed by atoms with van der Waals surface area (Å²) in [5.41, 5.74) is 2.07. The van der Waals surface area contributed by atoms with Gasteiger partial charge in [-0.1, -0.05) is 11.6 Å². The average Bonchev–Trinajstić information content (AvgIpc) is 3.34. The Hall–Kier alpha value is -1.61. The van der Waals surface area contributed by atoms with Crippen molar-refractivity contribution in [3.8, 4) is 5.82 Å². The number of rotatable bonds is 5. The molecular formula is C20H26ClN5O2S. The number of amides is 1. The van der Waals surface area contributed by atoms with E-state index in [4.69, 9.17) is 16.3 Å². The summed E-state index contributed by atoms with van der Waals surface area (Å²) >= 11 is 8.26. The fourth-order valence-corrected chi connectivity index (χ4v) is 5.70. The molecule has 0 aliphatic carbocycles. The van der Waals surface area contributed by atoms with Crippen LogP contribution in [0.3, 0.4) is 0 Å². The lowest BCUT2D eigenvalue weighted by Crippen LogP contribution is -2.59. The summed E-state index contributed by atoms with van der Waals surface area (Å²) in [6.45, 7) is 7.78. The van der Waals surface area contributed by atoms with Crippen LogP contribution in [0, 0.1) is 13.8 Å². The molecule has 2 aliphatic heterocycles. The zero-order chi connectivity index (χ0) is 20.4. The van der Waals surface area contributed by atoms with E-state index in [-0.39, 0.29) is 17.1 Å². The van der Waals surface area contributed by atoms with Gasteiger partial charge in [0.15, 0.2) is 5.82 Å². The monoisotopic (exact) mass is 435 g/mol. The summed E-state index contributed by atoms with van der Waals surface area (Å²) < 4.78 is 7.24. The van der Waals surface area contributed by atoms with Crippen molar-refractivity contribution in [3.05, 3.63) is 40.3 Å². The van der Waals surface area contributed by atoms with Crippen LogP contribution in [0.15, 0.2) is 18.2 Å². The highest BCUT2D eigenvalue weighted by molar-refractivity contribution is 7.99. The van der Waals surface area contributed by atoms with Gasteiger partial charge >= 0.3 is 0 Å². The molecule has 2 fully saturated rings. The van der Waals surface area contributed by atoms with Crippen molar-refractivity contribution < 1.29 is 9.53 Å². The van der Waals surface area contributed by atoms with Gasteiger partial charge in [-0.2, -0.15) is 16.9 Å². The Morgan fingerprint density at radius 2 is 2.14 bits per heavy atom. The molecule has 0 bridgehead atoms. The van der Waals surface area contributed by atoms with Gasteiger partial charge in [-0.3, -0.25) is 9.69 Å². The Balaban J connectivity index is 1.52. The number of halogens is 1. The minimum Gasteiger partial charge on any atom is -0.379 e. The molecule has 4 heterocycles. The maximum atomic E-state index is 13.0. The molecule has 2 aromatic heterocycles. The van der Waals surface area contributed by atoms with Crippen LogP contribution in [0.2, 0.25) is 5.02 Å². The lowest BCUT2D eigenvalue weighted by molar-refractivity contribution is -0.0129. The molecule has 0 saturated carbocycles. The first-order chi connectivity index (χ1) is 14.0. The molecule has 0 radical (unpaired) electrons. The van der Waals surface area contributed by atoms with Crippen LogP contribution in [0.4, 0.5) is 0 Å². The smallest absolute Gasteiger partial charge is 0.271 e. The number of hydrogen-bond acceptors (Lipinski definition) is 6. The van der Waals surface area contributed by atoms with Gasteiger partial charge in [-0.25, -0.2) is 9.67 Å². The third kappa shape index (κ3) is 4.30. The zero-order valence-corrected chi connectivity index (χ0v) is 18.4. The van der Waals surface area contributed by atoms with Crippen molar-refractivity contribution in [3.63, 3.8) is 0 Å². The standard InChI is InChI=1S/C20H26ClN5O2S/c1-14-11-15(2)26(24-14)17-4-3-16(21)18(23-17)19(27)22-12-20(5-10-29-13-20)25-6-8-28-9-7-25/h3-4,11H,5-10,12-13H2,1-2H3,(H,22,27). The fourth-order valence-electron chi connectivity index (χ4n) is 4.03. The van der Waals surface area contributed by atoms with Crippen molar-refractivity contribution in [2.75, 3.05) is 44.4 Å². The largest absolute Gasteiger partial charge is 0.379 e. The third-order valence-corrected chi connectivity index (χ3v) is 7.15. The Morgan fingerprint density at radius 3 is 2.79 bits per heavy atom. The summed E-state index contributed by atoms with van der Waals surface area (Å²) in [6.07, 6.45) is 1.06. The summed E-state index contributed by atoms with van der Waals surface area (Å²) in [5, 5.41) is 7.90. The molecule has 4 rings (SSSR count). The summed E-state index contributed by atoms with van der Waals surface area (Å²) in [5.74, 6) is 2.47. The molecular weight excluding hydrogens is 410 g/mol. The van der Waals surface area contributed by atoms with Crippen LogP contribution < -0.4 is 5.32 Å². The van der Waals surface area contributed by atoms with E-state index in [9.17, 15) is 4.79 Å². The molecule has 29 heavy (non-hydrogen) atoms.